The maximum Gasteiger partial charge on any atom is 0.405 e. The summed E-state index contributed by atoms with van der Waals surface area (Å²) in [4.78, 5) is 22.0. The van der Waals surface area contributed by atoms with Gasteiger partial charge >= 0.3 is 6.09 Å². The molecule has 0 unspecified atom stereocenters. The van der Waals surface area contributed by atoms with Crippen LogP contribution in [0.4, 0.5) is 9.18 Å². The summed E-state index contributed by atoms with van der Waals surface area (Å²) in [5.41, 5.74) is 4.41. The van der Waals surface area contributed by atoms with Crippen LogP contribution in [-0.4, -0.2) is 18.1 Å². The van der Waals surface area contributed by atoms with E-state index in [0.717, 1.165) is 6.07 Å². The SMILES string of the molecule is [2H]C([2H])(NC(=O)[C@@H](C)OC(N)=O)c1ccccc1F. The van der Waals surface area contributed by atoms with Crippen molar-refractivity contribution in [2.24, 2.45) is 5.73 Å². The summed E-state index contributed by atoms with van der Waals surface area (Å²) in [6, 6.07) is 5.11. The van der Waals surface area contributed by atoms with Crippen LogP contribution in [0, 0.1) is 5.82 Å². The van der Waals surface area contributed by atoms with Gasteiger partial charge in [0, 0.05) is 12.1 Å². The van der Waals surface area contributed by atoms with Gasteiger partial charge in [0.15, 0.2) is 6.10 Å². The Balaban J connectivity index is 2.83. The van der Waals surface area contributed by atoms with Crippen molar-refractivity contribution in [3.05, 3.63) is 35.6 Å². The van der Waals surface area contributed by atoms with Gasteiger partial charge in [0.2, 0.25) is 0 Å². The second-order valence-corrected chi connectivity index (χ2v) is 3.17. The predicted octanol–water partition coefficient (Wildman–Crippen LogP) is 0.926. The van der Waals surface area contributed by atoms with Gasteiger partial charge in [-0.25, -0.2) is 9.18 Å². The summed E-state index contributed by atoms with van der Waals surface area (Å²) >= 11 is 0. The highest BCUT2D eigenvalue weighted by atomic mass is 19.1. The van der Waals surface area contributed by atoms with Gasteiger partial charge in [-0.05, 0) is 13.0 Å². The van der Waals surface area contributed by atoms with Crippen LogP contribution in [0.25, 0.3) is 0 Å². The maximum absolute atomic E-state index is 13.5. The number of carbonyl (C=O) groups is 2. The molecule has 1 rings (SSSR count). The van der Waals surface area contributed by atoms with Crippen molar-refractivity contribution < 1.29 is 21.5 Å². The minimum atomic E-state index is -2.43. The highest BCUT2D eigenvalue weighted by Crippen LogP contribution is 2.05. The highest BCUT2D eigenvalue weighted by Gasteiger charge is 2.15. The van der Waals surface area contributed by atoms with Crippen LogP contribution in [0.5, 0.6) is 0 Å². The Labute approximate surface area is 101 Å². The van der Waals surface area contributed by atoms with Crippen LogP contribution < -0.4 is 11.1 Å². The number of hydrogen-bond donors (Lipinski definition) is 2. The number of ether oxygens (including phenoxy) is 1. The molecule has 92 valence electrons. The van der Waals surface area contributed by atoms with Crippen LogP contribution in [0.3, 0.4) is 0 Å². The quantitative estimate of drug-likeness (QED) is 0.823. The summed E-state index contributed by atoms with van der Waals surface area (Å²) in [6.07, 6.45) is -2.44. The standard InChI is InChI=1S/C11H13FN2O3/c1-7(17-11(13)16)10(15)14-6-8-4-2-3-5-9(8)12/h2-5,7H,6H2,1H3,(H2,13,16)(H,14,15)/t7-/m1/s1/i6D2. The molecular formula is C11H13FN2O3. The monoisotopic (exact) mass is 242 g/mol. The third kappa shape index (κ3) is 4.10. The van der Waals surface area contributed by atoms with E-state index in [1.807, 2.05) is 5.32 Å². The molecular weight excluding hydrogens is 227 g/mol. The Hall–Kier alpha value is -2.11. The summed E-state index contributed by atoms with van der Waals surface area (Å²) in [5.74, 6) is -1.72. The van der Waals surface area contributed by atoms with E-state index in [1.54, 1.807) is 0 Å². The summed E-state index contributed by atoms with van der Waals surface area (Å²) in [6.45, 7) is -1.21. The molecule has 0 radical (unpaired) electrons. The normalized spacial score (nSPS) is 14.2. The molecule has 6 heteroatoms. The maximum atomic E-state index is 13.5. The molecule has 1 aromatic carbocycles. The molecule has 0 saturated carbocycles. The van der Waals surface area contributed by atoms with E-state index in [0.29, 0.717) is 0 Å². The van der Waals surface area contributed by atoms with E-state index in [9.17, 15) is 14.0 Å². The molecule has 0 bridgehead atoms. The molecule has 0 aliphatic rings. The van der Waals surface area contributed by atoms with Crippen LogP contribution in [0.1, 0.15) is 15.2 Å². The first-order chi connectivity index (χ1) is 8.74. The van der Waals surface area contributed by atoms with Crippen LogP contribution in [-0.2, 0) is 16.0 Å². The fourth-order valence-corrected chi connectivity index (χ4v) is 1.02. The minimum Gasteiger partial charge on any atom is -0.437 e. The van der Waals surface area contributed by atoms with Gasteiger partial charge in [0.1, 0.15) is 5.82 Å². The highest BCUT2D eigenvalue weighted by molar-refractivity contribution is 5.82. The lowest BCUT2D eigenvalue weighted by atomic mass is 10.2. The van der Waals surface area contributed by atoms with Crippen molar-refractivity contribution in [2.75, 3.05) is 0 Å². The molecule has 0 aliphatic heterocycles. The molecule has 0 saturated heterocycles. The number of carbonyl (C=O) groups excluding carboxylic acids is 2. The molecule has 1 aromatic rings. The van der Waals surface area contributed by atoms with Crippen LogP contribution in [0.2, 0.25) is 0 Å². The first-order valence-corrected chi connectivity index (χ1v) is 4.77. The van der Waals surface area contributed by atoms with Crippen molar-refractivity contribution in [3.8, 4) is 0 Å². The lowest BCUT2D eigenvalue weighted by molar-refractivity contribution is -0.128. The van der Waals surface area contributed by atoms with E-state index in [1.165, 1.54) is 25.1 Å². The predicted molar refractivity (Wildman–Crippen MR) is 58.4 cm³/mol. The number of halogens is 1. The number of nitrogens with one attached hydrogen (secondary N) is 1. The summed E-state index contributed by atoms with van der Waals surface area (Å²) in [5, 5.41) is 1.94. The van der Waals surface area contributed by atoms with E-state index >= 15 is 0 Å². The largest absolute Gasteiger partial charge is 0.437 e. The summed E-state index contributed by atoms with van der Waals surface area (Å²) < 4.78 is 33.1. The molecule has 17 heavy (non-hydrogen) atoms. The molecule has 0 aromatic heterocycles. The molecule has 1 atom stereocenters. The van der Waals surface area contributed by atoms with Crippen molar-refractivity contribution in [2.45, 2.75) is 19.5 Å². The minimum absolute atomic E-state index is 0.324. The Kier molecular flexibility index (Phi) is 3.46. The zero-order valence-corrected chi connectivity index (χ0v) is 9.07. The number of primary amides is 1. The van der Waals surface area contributed by atoms with Crippen molar-refractivity contribution in [1.82, 2.24) is 5.32 Å². The van der Waals surface area contributed by atoms with Crippen LogP contribution >= 0.6 is 0 Å². The fourth-order valence-electron chi connectivity index (χ4n) is 1.02. The Morgan fingerprint density at radius 3 is 2.82 bits per heavy atom. The Morgan fingerprint density at radius 1 is 1.59 bits per heavy atom. The van der Waals surface area contributed by atoms with Gasteiger partial charge in [-0.15, -0.1) is 0 Å². The third-order valence-electron chi connectivity index (χ3n) is 1.86. The Bertz CT molecular complexity index is 497. The summed E-state index contributed by atoms with van der Waals surface area (Å²) in [7, 11) is 0. The van der Waals surface area contributed by atoms with Crippen molar-refractivity contribution >= 4 is 12.0 Å². The Morgan fingerprint density at radius 2 is 2.24 bits per heavy atom. The van der Waals surface area contributed by atoms with Crippen molar-refractivity contribution in [3.63, 3.8) is 0 Å². The fraction of sp³-hybridized carbons (Fsp3) is 0.273. The number of benzene rings is 1. The smallest absolute Gasteiger partial charge is 0.405 e. The topological polar surface area (TPSA) is 81.4 Å². The lowest BCUT2D eigenvalue weighted by Crippen LogP contribution is -2.36. The molecule has 0 spiro atoms. The third-order valence-corrected chi connectivity index (χ3v) is 1.86. The van der Waals surface area contributed by atoms with Crippen molar-refractivity contribution in [1.29, 1.82) is 0 Å². The molecule has 5 nitrogen and oxygen atoms in total. The number of nitrogens with two attached hydrogens (primary N) is 1. The van der Waals surface area contributed by atoms with Gasteiger partial charge in [-0.2, -0.15) is 0 Å². The molecule has 3 N–H and O–H groups in total. The van der Waals surface area contributed by atoms with Crippen LogP contribution in [0.15, 0.2) is 24.3 Å². The van der Waals surface area contributed by atoms with Gasteiger partial charge < -0.3 is 15.8 Å². The number of hydrogen-bond acceptors (Lipinski definition) is 3. The van der Waals surface area contributed by atoms with Gasteiger partial charge in [-0.3, -0.25) is 4.79 Å². The average molecular weight is 242 g/mol. The number of rotatable bonds is 4. The number of amides is 2. The van der Waals surface area contributed by atoms with E-state index in [4.69, 9.17) is 8.48 Å². The first-order valence-electron chi connectivity index (χ1n) is 5.77. The van der Waals surface area contributed by atoms with E-state index < -0.39 is 30.4 Å². The van der Waals surface area contributed by atoms with Gasteiger partial charge in [-0.1, -0.05) is 18.2 Å². The van der Waals surface area contributed by atoms with Gasteiger partial charge in [0.05, 0.1) is 2.74 Å². The zero-order valence-electron chi connectivity index (χ0n) is 11.1. The van der Waals surface area contributed by atoms with Gasteiger partial charge in [0.25, 0.3) is 5.91 Å². The molecule has 0 fully saturated rings. The first kappa shape index (κ1) is 10.1. The second-order valence-electron chi connectivity index (χ2n) is 3.17. The molecule has 0 aliphatic carbocycles. The second kappa shape index (κ2) is 5.83. The lowest BCUT2D eigenvalue weighted by Gasteiger charge is -2.11. The van der Waals surface area contributed by atoms with E-state index in [-0.39, 0.29) is 5.56 Å². The average Bonchev–Trinajstić information content (AvgIpc) is 2.27. The zero-order chi connectivity index (χ0) is 14.6. The molecule has 0 heterocycles. The molecule has 2 amide bonds. The van der Waals surface area contributed by atoms with E-state index in [2.05, 4.69) is 4.74 Å².